The molecule has 1 aliphatic rings. The zero-order valence-electron chi connectivity index (χ0n) is 17.8. The van der Waals surface area contributed by atoms with Gasteiger partial charge in [0.25, 0.3) is 0 Å². The van der Waals surface area contributed by atoms with Crippen LogP contribution < -0.4 is 10.6 Å². The minimum atomic E-state index is -0.486. The fourth-order valence-corrected chi connectivity index (χ4v) is 2.52. The Hall–Kier alpha value is -1.52. The monoisotopic (exact) mass is 507 g/mol. The Morgan fingerprint density at radius 2 is 2.00 bits per heavy atom. The van der Waals surface area contributed by atoms with Gasteiger partial charge in [-0.05, 0) is 54.4 Å². The summed E-state index contributed by atoms with van der Waals surface area (Å²) in [6.07, 6.45) is 1.83. The molecular weight excluding hydrogens is 473 g/mol. The van der Waals surface area contributed by atoms with Crippen molar-refractivity contribution < 1.29 is 13.9 Å². The third-order valence-electron chi connectivity index (χ3n) is 4.05. The van der Waals surface area contributed by atoms with Gasteiger partial charge in [0.15, 0.2) is 5.96 Å². The molecule has 0 bridgehead atoms. The zero-order valence-corrected chi connectivity index (χ0v) is 20.1. The molecule has 1 saturated carbocycles. The summed E-state index contributed by atoms with van der Waals surface area (Å²) in [7, 11) is 0. The van der Waals surface area contributed by atoms with Crippen LogP contribution in [0.3, 0.4) is 0 Å². The van der Waals surface area contributed by atoms with Crippen LogP contribution in [-0.4, -0.2) is 53.2 Å². The van der Waals surface area contributed by atoms with Gasteiger partial charge in [-0.2, -0.15) is 0 Å². The SMILES string of the molecule is CCNC(=NCc1nc(C)c(C)o1)NCCN(C(=O)OC(C)(C)C)C1CC1.I. The zero-order chi connectivity index (χ0) is 20.0. The summed E-state index contributed by atoms with van der Waals surface area (Å²) in [5, 5.41) is 6.46. The quantitative estimate of drug-likeness (QED) is 0.334. The minimum Gasteiger partial charge on any atom is -0.444 e. The Morgan fingerprint density at radius 3 is 2.50 bits per heavy atom. The molecule has 28 heavy (non-hydrogen) atoms. The number of nitrogens with one attached hydrogen (secondary N) is 2. The van der Waals surface area contributed by atoms with Gasteiger partial charge in [0.05, 0.1) is 5.69 Å². The summed E-state index contributed by atoms with van der Waals surface area (Å²) in [6, 6.07) is 0.291. The summed E-state index contributed by atoms with van der Waals surface area (Å²) in [4.78, 5) is 23.0. The molecule has 1 aromatic rings. The molecule has 2 N–H and O–H groups in total. The highest BCUT2D eigenvalue weighted by atomic mass is 127. The molecule has 8 nitrogen and oxygen atoms in total. The average molecular weight is 507 g/mol. The van der Waals surface area contributed by atoms with Crippen LogP contribution in [0.25, 0.3) is 0 Å². The summed E-state index contributed by atoms with van der Waals surface area (Å²) < 4.78 is 11.1. The van der Waals surface area contributed by atoms with Crippen LogP contribution >= 0.6 is 24.0 Å². The van der Waals surface area contributed by atoms with Crippen molar-refractivity contribution in [2.24, 2.45) is 4.99 Å². The number of hydrogen-bond acceptors (Lipinski definition) is 5. The molecule has 1 aliphatic carbocycles. The Kier molecular flexibility index (Phi) is 9.52. The largest absolute Gasteiger partial charge is 0.444 e. The van der Waals surface area contributed by atoms with E-state index < -0.39 is 5.60 Å². The number of ether oxygens (including phenoxy) is 1. The number of amides is 1. The van der Waals surface area contributed by atoms with Crippen LogP contribution in [0.4, 0.5) is 4.79 Å². The smallest absolute Gasteiger partial charge is 0.410 e. The predicted molar refractivity (Wildman–Crippen MR) is 120 cm³/mol. The topological polar surface area (TPSA) is 92.0 Å². The molecule has 2 rings (SSSR count). The Labute approximate surface area is 184 Å². The lowest BCUT2D eigenvalue weighted by molar-refractivity contribution is 0.0238. The summed E-state index contributed by atoms with van der Waals surface area (Å²) in [5.74, 6) is 2.08. The van der Waals surface area contributed by atoms with Crippen LogP contribution in [0, 0.1) is 13.8 Å². The van der Waals surface area contributed by atoms with Crippen molar-refractivity contribution >= 4 is 36.0 Å². The van der Waals surface area contributed by atoms with Crippen LogP contribution in [0.15, 0.2) is 9.41 Å². The number of aryl methyl sites for hydroxylation is 2. The van der Waals surface area contributed by atoms with Crippen molar-refractivity contribution in [3.05, 3.63) is 17.3 Å². The molecule has 0 unspecified atom stereocenters. The van der Waals surface area contributed by atoms with Crippen molar-refractivity contribution in [3.8, 4) is 0 Å². The third-order valence-corrected chi connectivity index (χ3v) is 4.05. The first kappa shape index (κ1) is 24.5. The number of halogens is 1. The molecule has 9 heteroatoms. The van der Waals surface area contributed by atoms with E-state index in [9.17, 15) is 4.79 Å². The standard InChI is InChI=1S/C19H33N5O3.HI/c1-7-20-17(22-12-16-23-13(2)14(3)26-16)21-10-11-24(15-8-9-15)18(25)27-19(4,5)6;/h15H,7-12H2,1-6H3,(H2,20,21,22);1H. The van der Waals surface area contributed by atoms with E-state index in [1.54, 1.807) is 0 Å². The summed E-state index contributed by atoms with van der Waals surface area (Å²) in [6.45, 7) is 13.7. The van der Waals surface area contributed by atoms with Crippen molar-refractivity contribution in [2.75, 3.05) is 19.6 Å². The molecule has 0 spiro atoms. The molecule has 1 fully saturated rings. The van der Waals surface area contributed by atoms with Crippen molar-refractivity contribution in [1.29, 1.82) is 0 Å². The van der Waals surface area contributed by atoms with E-state index in [-0.39, 0.29) is 30.1 Å². The maximum Gasteiger partial charge on any atom is 0.410 e. The molecule has 0 atom stereocenters. The molecule has 0 radical (unpaired) electrons. The van der Waals surface area contributed by atoms with Gasteiger partial charge in [0, 0.05) is 25.7 Å². The Bertz CT molecular complexity index is 646. The van der Waals surface area contributed by atoms with Gasteiger partial charge in [-0.15, -0.1) is 24.0 Å². The lowest BCUT2D eigenvalue weighted by Gasteiger charge is -2.27. The highest BCUT2D eigenvalue weighted by Crippen LogP contribution is 2.28. The lowest BCUT2D eigenvalue weighted by Crippen LogP contribution is -2.45. The Balaban J connectivity index is 0.00000392. The van der Waals surface area contributed by atoms with Gasteiger partial charge in [-0.1, -0.05) is 0 Å². The van der Waals surface area contributed by atoms with Gasteiger partial charge in [-0.3, -0.25) is 0 Å². The number of aromatic nitrogens is 1. The number of aliphatic imine (C=N–C) groups is 1. The maximum atomic E-state index is 12.4. The number of oxazole rings is 1. The first-order valence-corrected chi connectivity index (χ1v) is 9.64. The second-order valence-corrected chi connectivity index (χ2v) is 7.78. The van der Waals surface area contributed by atoms with E-state index in [2.05, 4.69) is 20.6 Å². The summed E-state index contributed by atoms with van der Waals surface area (Å²) in [5.41, 5.74) is 0.399. The number of nitrogens with zero attached hydrogens (tertiary/aromatic N) is 3. The molecular formula is C19H34IN5O3. The van der Waals surface area contributed by atoms with Crippen LogP contribution in [0.5, 0.6) is 0 Å². The van der Waals surface area contributed by atoms with E-state index in [0.29, 0.717) is 37.5 Å². The fraction of sp³-hybridized carbons (Fsp3) is 0.737. The first-order valence-electron chi connectivity index (χ1n) is 9.64. The van der Waals surface area contributed by atoms with Gasteiger partial charge in [0.1, 0.15) is 17.9 Å². The normalized spacial score (nSPS) is 14.3. The third kappa shape index (κ3) is 8.24. The highest BCUT2D eigenvalue weighted by Gasteiger charge is 2.34. The number of carbonyl (C=O) groups excluding carboxylic acids is 1. The second kappa shape index (κ2) is 10.9. The van der Waals surface area contributed by atoms with Gasteiger partial charge in [-0.25, -0.2) is 14.8 Å². The van der Waals surface area contributed by atoms with Crippen molar-refractivity contribution in [3.63, 3.8) is 0 Å². The van der Waals surface area contributed by atoms with Crippen molar-refractivity contribution in [1.82, 2.24) is 20.5 Å². The number of hydrogen-bond donors (Lipinski definition) is 2. The molecule has 0 aliphatic heterocycles. The molecule has 0 aromatic carbocycles. The average Bonchev–Trinajstić information content (AvgIpc) is 3.33. The van der Waals surface area contributed by atoms with Crippen LogP contribution in [0.1, 0.15) is 57.9 Å². The van der Waals surface area contributed by atoms with Gasteiger partial charge >= 0.3 is 6.09 Å². The number of rotatable bonds is 7. The molecule has 160 valence electrons. The van der Waals surface area contributed by atoms with E-state index in [4.69, 9.17) is 9.15 Å². The van der Waals surface area contributed by atoms with E-state index in [1.807, 2.05) is 46.4 Å². The van der Waals surface area contributed by atoms with Crippen LogP contribution in [0.2, 0.25) is 0 Å². The molecule has 1 amide bonds. The van der Waals surface area contributed by atoms with E-state index >= 15 is 0 Å². The lowest BCUT2D eigenvalue weighted by atomic mass is 10.2. The number of carbonyl (C=O) groups is 1. The maximum absolute atomic E-state index is 12.4. The number of guanidine groups is 1. The fourth-order valence-electron chi connectivity index (χ4n) is 2.52. The van der Waals surface area contributed by atoms with Gasteiger partial charge < -0.3 is 24.7 Å². The second-order valence-electron chi connectivity index (χ2n) is 7.78. The summed E-state index contributed by atoms with van der Waals surface area (Å²) >= 11 is 0. The van der Waals surface area contributed by atoms with E-state index in [1.165, 1.54) is 0 Å². The predicted octanol–water partition coefficient (Wildman–Crippen LogP) is 3.36. The van der Waals surface area contributed by atoms with Crippen LogP contribution in [-0.2, 0) is 11.3 Å². The molecule has 0 saturated heterocycles. The van der Waals surface area contributed by atoms with Crippen molar-refractivity contribution in [2.45, 2.75) is 72.6 Å². The molecule has 1 aromatic heterocycles. The highest BCUT2D eigenvalue weighted by molar-refractivity contribution is 14.0. The first-order chi connectivity index (χ1) is 12.7. The Morgan fingerprint density at radius 1 is 1.32 bits per heavy atom. The van der Waals surface area contributed by atoms with E-state index in [0.717, 1.165) is 30.8 Å². The van der Waals surface area contributed by atoms with Gasteiger partial charge in [0.2, 0.25) is 5.89 Å². The minimum absolute atomic E-state index is 0. The molecule has 1 heterocycles.